The Morgan fingerprint density at radius 3 is 2.16 bits per heavy atom. The minimum atomic E-state index is -0.973. The normalized spacial score (nSPS) is 12.3. The van der Waals surface area contributed by atoms with Crippen molar-refractivity contribution in [3.05, 3.63) is 107 Å². The first-order chi connectivity index (χ1) is 23.7. The molecule has 1 aromatic heterocycles. The summed E-state index contributed by atoms with van der Waals surface area (Å²) in [5.74, 6) is -0.503. The lowest BCUT2D eigenvalue weighted by molar-refractivity contribution is -0.140. The van der Waals surface area contributed by atoms with Crippen molar-refractivity contribution < 1.29 is 38.5 Å². The highest BCUT2D eigenvalue weighted by Gasteiger charge is 2.28. The van der Waals surface area contributed by atoms with E-state index in [9.17, 15) is 19.8 Å². The van der Waals surface area contributed by atoms with Gasteiger partial charge in [0, 0.05) is 26.1 Å². The van der Waals surface area contributed by atoms with Crippen molar-refractivity contribution in [3.8, 4) is 17.4 Å². The molecule has 10 heteroatoms. The molecule has 0 fully saturated rings. The van der Waals surface area contributed by atoms with Crippen LogP contribution in [-0.2, 0) is 14.3 Å². The van der Waals surface area contributed by atoms with Gasteiger partial charge in [-0.3, -0.25) is 9.59 Å². The van der Waals surface area contributed by atoms with Crippen molar-refractivity contribution >= 4 is 23.0 Å². The van der Waals surface area contributed by atoms with Crippen molar-refractivity contribution in [2.75, 3.05) is 40.0 Å². The van der Waals surface area contributed by atoms with Gasteiger partial charge in [-0.05, 0) is 76.0 Å². The van der Waals surface area contributed by atoms with Crippen LogP contribution < -0.4 is 9.47 Å². The lowest BCUT2D eigenvalue weighted by Crippen LogP contribution is -2.30. The van der Waals surface area contributed by atoms with Crippen molar-refractivity contribution in [3.63, 3.8) is 0 Å². The summed E-state index contributed by atoms with van der Waals surface area (Å²) < 4.78 is 22.2. The van der Waals surface area contributed by atoms with E-state index in [1.54, 1.807) is 37.9 Å². The molecular weight excluding hydrogens is 624 g/mol. The molecule has 3 aromatic carbocycles. The van der Waals surface area contributed by atoms with Gasteiger partial charge in [0.25, 0.3) is 5.88 Å². The SMILES string of the molecule is CCC(=C(c1ccc(O)cc1)c1ccc(OCCN(C)C(=O)CCCOCCOc2cc(C(C(=O)O)C(C)C)on2)cc1)c1ccccc1. The van der Waals surface area contributed by atoms with Crippen molar-refractivity contribution in [1.82, 2.24) is 10.1 Å². The maximum Gasteiger partial charge on any atom is 0.314 e. The van der Waals surface area contributed by atoms with Crippen molar-refractivity contribution in [1.29, 1.82) is 0 Å². The molecule has 1 atom stereocenters. The predicted octanol–water partition coefficient (Wildman–Crippen LogP) is 7.29. The smallest absolute Gasteiger partial charge is 0.314 e. The number of ether oxygens (including phenoxy) is 3. The molecule has 0 radical (unpaired) electrons. The van der Waals surface area contributed by atoms with Crippen LogP contribution in [0.15, 0.2) is 89.5 Å². The monoisotopic (exact) mass is 670 g/mol. The van der Waals surface area contributed by atoms with E-state index >= 15 is 0 Å². The number of likely N-dealkylation sites (N-methyl/N-ethyl adjacent to an activating group) is 1. The zero-order valence-electron chi connectivity index (χ0n) is 28.6. The third-order valence-electron chi connectivity index (χ3n) is 8.10. The van der Waals surface area contributed by atoms with E-state index in [4.69, 9.17) is 18.7 Å². The third-order valence-corrected chi connectivity index (χ3v) is 8.10. The number of carboxylic acid groups (broad SMARTS) is 1. The predicted molar refractivity (Wildman–Crippen MR) is 188 cm³/mol. The Bertz CT molecular complexity index is 1650. The van der Waals surface area contributed by atoms with Gasteiger partial charge in [0.1, 0.15) is 30.6 Å². The van der Waals surface area contributed by atoms with Gasteiger partial charge in [0.15, 0.2) is 5.76 Å². The molecule has 49 heavy (non-hydrogen) atoms. The molecule has 0 aliphatic heterocycles. The number of hydrogen-bond donors (Lipinski definition) is 2. The molecule has 1 unspecified atom stereocenters. The van der Waals surface area contributed by atoms with Crippen molar-refractivity contribution in [2.24, 2.45) is 5.92 Å². The van der Waals surface area contributed by atoms with Crippen LogP contribution in [0.25, 0.3) is 11.1 Å². The van der Waals surface area contributed by atoms with Crippen LogP contribution in [-0.4, -0.2) is 72.2 Å². The molecule has 4 rings (SSSR count). The van der Waals surface area contributed by atoms with E-state index in [1.165, 1.54) is 11.6 Å². The number of allylic oxidation sites excluding steroid dienone is 1. The number of benzene rings is 3. The Labute approximate surface area is 287 Å². The molecular formula is C39H46N2O8. The fourth-order valence-corrected chi connectivity index (χ4v) is 5.50. The lowest BCUT2D eigenvalue weighted by atomic mass is 9.88. The van der Waals surface area contributed by atoms with Crippen molar-refractivity contribution in [2.45, 2.75) is 46.0 Å². The average molecular weight is 671 g/mol. The van der Waals surface area contributed by atoms with Crippen LogP contribution in [0, 0.1) is 5.92 Å². The van der Waals surface area contributed by atoms with Crippen LogP contribution in [0.4, 0.5) is 0 Å². The first-order valence-corrected chi connectivity index (χ1v) is 16.6. The highest BCUT2D eigenvalue weighted by Crippen LogP contribution is 2.35. The standard InChI is InChI=1S/C39H46N2O8/c1-5-33(28-10-7-6-8-11-28)38(29-13-17-31(42)18-14-29)30-15-19-32(20-16-30)47-23-21-41(4)36(43)12-9-22-46-24-25-48-35-26-34(49-40-35)37(27(2)3)39(44)45/h6-8,10-11,13-20,26-27,37,42H,5,9,12,21-25H2,1-4H3,(H,44,45). The zero-order valence-corrected chi connectivity index (χ0v) is 28.6. The number of rotatable bonds is 19. The number of carbonyl (C=O) groups excluding carboxylic acids is 1. The Morgan fingerprint density at radius 1 is 0.857 bits per heavy atom. The molecule has 0 spiro atoms. The Morgan fingerprint density at radius 2 is 1.53 bits per heavy atom. The van der Waals surface area contributed by atoms with Gasteiger partial charge in [-0.25, -0.2) is 0 Å². The molecule has 10 nitrogen and oxygen atoms in total. The van der Waals surface area contributed by atoms with Crippen LogP contribution >= 0.6 is 0 Å². The van der Waals surface area contributed by atoms with Gasteiger partial charge >= 0.3 is 5.97 Å². The largest absolute Gasteiger partial charge is 0.508 e. The van der Waals surface area contributed by atoms with E-state index in [1.807, 2.05) is 54.6 Å². The summed E-state index contributed by atoms with van der Waals surface area (Å²) in [4.78, 5) is 25.7. The Kier molecular flexibility index (Phi) is 13.8. The van der Waals surface area contributed by atoms with Crippen LogP contribution in [0.1, 0.15) is 68.4 Å². The summed E-state index contributed by atoms with van der Waals surface area (Å²) >= 11 is 0. The minimum absolute atomic E-state index is 0.00347. The Balaban J connectivity index is 1.19. The maximum absolute atomic E-state index is 12.6. The number of amides is 1. The van der Waals surface area contributed by atoms with E-state index in [2.05, 4.69) is 24.2 Å². The fraction of sp³-hybridized carbons (Fsp3) is 0.359. The minimum Gasteiger partial charge on any atom is -0.508 e. The second kappa shape index (κ2) is 18.5. The van der Waals surface area contributed by atoms with Gasteiger partial charge < -0.3 is 33.8 Å². The van der Waals surface area contributed by atoms with Gasteiger partial charge in [-0.1, -0.05) is 75.4 Å². The first kappa shape index (κ1) is 36.7. The number of carboxylic acids is 1. The van der Waals surface area contributed by atoms with Gasteiger partial charge in [0.05, 0.1) is 13.2 Å². The topological polar surface area (TPSA) is 132 Å². The molecule has 0 bridgehead atoms. The highest BCUT2D eigenvalue weighted by molar-refractivity contribution is 5.98. The number of carbonyl (C=O) groups is 2. The molecule has 0 aliphatic carbocycles. The summed E-state index contributed by atoms with van der Waals surface area (Å²) in [7, 11) is 1.76. The van der Waals surface area contributed by atoms with E-state index in [0.717, 1.165) is 28.7 Å². The summed E-state index contributed by atoms with van der Waals surface area (Å²) in [6.45, 7) is 7.46. The molecule has 1 heterocycles. The first-order valence-electron chi connectivity index (χ1n) is 16.6. The second-order valence-corrected chi connectivity index (χ2v) is 12.0. The number of aromatic nitrogens is 1. The van der Waals surface area contributed by atoms with Gasteiger partial charge in [-0.2, -0.15) is 0 Å². The fourth-order valence-electron chi connectivity index (χ4n) is 5.50. The molecule has 0 saturated carbocycles. The number of aliphatic carboxylic acids is 1. The molecule has 2 N–H and O–H groups in total. The van der Waals surface area contributed by atoms with Crippen LogP contribution in [0.3, 0.4) is 0 Å². The molecule has 1 amide bonds. The number of aromatic hydroxyl groups is 1. The lowest BCUT2D eigenvalue weighted by Gasteiger charge is -2.18. The number of phenolic OH excluding ortho intramolecular Hbond substituents is 1. The van der Waals surface area contributed by atoms with Gasteiger partial charge in [-0.15, -0.1) is 0 Å². The van der Waals surface area contributed by atoms with E-state index in [0.29, 0.717) is 45.0 Å². The quantitative estimate of drug-likeness (QED) is 0.0780. The molecule has 4 aromatic rings. The van der Waals surface area contributed by atoms with E-state index in [-0.39, 0.29) is 35.8 Å². The molecule has 0 saturated heterocycles. The molecule has 260 valence electrons. The van der Waals surface area contributed by atoms with Crippen LogP contribution in [0.5, 0.6) is 17.4 Å². The zero-order chi connectivity index (χ0) is 35.2. The van der Waals surface area contributed by atoms with Gasteiger partial charge in [0.2, 0.25) is 5.91 Å². The average Bonchev–Trinajstić information content (AvgIpc) is 3.55. The third kappa shape index (κ3) is 10.7. The number of hydrogen-bond acceptors (Lipinski definition) is 8. The number of phenols is 1. The number of nitrogens with zero attached hydrogens (tertiary/aromatic N) is 2. The second-order valence-electron chi connectivity index (χ2n) is 12.0. The van der Waals surface area contributed by atoms with Crippen LogP contribution in [0.2, 0.25) is 0 Å². The van der Waals surface area contributed by atoms with E-state index < -0.39 is 11.9 Å². The Hall–Kier alpha value is -5.09. The summed E-state index contributed by atoms with van der Waals surface area (Å²) in [6.07, 6.45) is 1.74. The summed E-state index contributed by atoms with van der Waals surface area (Å²) in [5, 5.41) is 23.0. The molecule has 0 aliphatic rings. The maximum atomic E-state index is 12.6. The summed E-state index contributed by atoms with van der Waals surface area (Å²) in [6, 6.07) is 27.1. The summed E-state index contributed by atoms with van der Waals surface area (Å²) in [5.41, 5.74) is 5.52. The highest BCUT2D eigenvalue weighted by atomic mass is 16.6.